The van der Waals surface area contributed by atoms with E-state index in [1.54, 1.807) is 18.2 Å². The van der Waals surface area contributed by atoms with E-state index in [2.05, 4.69) is 21.9 Å². The lowest BCUT2D eigenvalue weighted by Crippen LogP contribution is -2.36. The molecule has 5 heteroatoms. The summed E-state index contributed by atoms with van der Waals surface area (Å²) in [7, 11) is 4.01. The van der Waals surface area contributed by atoms with Gasteiger partial charge in [-0.05, 0) is 34.0 Å². The predicted molar refractivity (Wildman–Crippen MR) is 72.6 cm³/mol. The van der Waals surface area contributed by atoms with Gasteiger partial charge in [0.2, 0.25) is 0 Å². The molecule has 2 unspecified atom stereocenters. The molecule has 2 atom stereocenters. The van der Waals surface area contributed by atoms with Crippen molar-refractivity contribution in [1.29, 1.82) is 0 Å². The number of nitrogens with one attached hydrogen (secondary N) is 1. The maximum absolute atomic E-state index is 12.3. The van der Waals surface area contributed by atoms with Crippen LogP contribution in [-0.2, 0) is 0 Å². The number of nitrogens with zero attached hydrogens (tertiary/aromatic N) is 1. The number of benzene rings is 1. The second-order valence-corrected chi connectivity index (χ2v) is 4.86. The molecule has 0 amide bonds. The van der Waals surface area contributed by atoms with Gasteiger partial charge < -0.3 is 15.0 Å². The van der Waals surface area contributed by atoms with Crippen LogP contribution in [0, 0.1) is 0 Å². The number of halogens is 2. The van der Waals surface area contributed by atoms with Crippen molar-refractivity contribution in [2.75, 3.05) is 20.6 Å². The van der Waals surface area contributed by atoms with Crippen molar-refractivity contribution in [3.8, 4) is 5.75 Å². The molecule has 0 saturated carbocycles. The van der Waals surface area contributed by atoms with Crippen LogP contribution in [-0.4, -0.2) is 38.2 Å². The number of para-hydroxylation sites is 1. The Morgan fingerprint density at radius 3 is 2.42 bits per heavy atom. The van der Waals surface area contributed by atoms with Gasteiger partial charge in [-0.1, -0.05) is 18.2 Å². The zero-order valence-electron chi connectivity index (χ0n) is 11.9. The van der Waals surface area contributed by atoms with Crippen molar-refractivity contribution in [2.24, 2.45) is 0 Å². The fourth-order valence-electron chi connectivity index (χ4n) is 1.68. The number of hydrogen-bond acceptors (Lipinski definition) is 3. The molecule has 0 aliphatic heterocycles. The molecule has 1 aromatic carbocycles. The molecule has 0 spiro atoms. The Hall–Kier alpha value is -1.20. The molecule has 0 aromatic heterocycles. The number of alkyl halides is 2. The average molecular weight is 272 g/mol. The van der Waals surface area contributed by atoms with Crippen LogP contribution in [0.1, 0.15) is 25.5 Å². The van der Waals surface area contributed by atoms with Gasteiger partial charge in [-0.25, -0.2) is 0 Å². The van der Waals surface area contributed by atoms with Crippen LogP contribution in [0.15, 0.2) is 24.3 Å². The minimum atomic E-state index is -2.80. The molecule has 19 heavy (non-hydrogen) atoms. The molecule has 0 heterocycles. The van der Waals surface area contributed by atoms with E-state index in [9.17, 15) is 8.78 Å². The Bertz CT molecular complexity index is 385. The van der Waals surface area contributed by atoms with Crippen LogP contribution in [0.3, 0.4) is 0 Å². The number of likely N-dealkylation sites (N-methyl/N-ethyl adjacent to an activating group) is 1. The van der Waals surface area contributed by atoms with E-state index < -0.39 is 6.61 Å². The molecule has 0 fully saturated rings. The van der Waals surface area contributed by atoms with Gasteiger partial charge >= 0.3 is 6.61 Å². The monoisotopic (exact) mass is 272 g/mol. The normalized spacial score (nSPS) is 14.7. The molecule has 1 rings (SSSR count). The Morgan fingerprint density at radius 2 is 1.84 bits per heavy atom. The third-order valence-electron chi connectivity index (χ3n) is 3.20. The SMILES string of the molecule is CC(NCC(C)N(C)C)c1ccccc1OC(F)F. The van der Waals surface area contributed by atoms with Crippen LogP contribution in [0.2, 0.25) is 0 Å². The zero-order chi connectivity index (χ0) is 14.4. The molecule has 108 valence electrons. The van der Waals surface area contributed by atoms with Crippen LogP contribution in [0.5, 0.6) is 5.75 Å². The first-order valence-electron chi connectivity index (χ1n) is 6.35. The number of ether oxygens (including phenoxy) is 1. The Labute approximate surface area is 113 Å². The van der Waals surface area contributed by atoms with Crippen molar-refractivity contribution in [1.82, 2.24) is 10.2 Å². The van der Waals surface area contributed by atoms with Gasteiger partial charge in [-0.2, -0.15) is 8.78 Å². The third-order valence-corrected chi connectivity index (χ3v) is 3.20. The first kappa shape index (κ1) is 15.9. The van der Waals surface area contributed by atoms with Crippen LogP contribution in [0.25, 0.3) is 0 Å². The summed E-state index contributed by atoms with van der Waals surface area (Å²) in [6, 6.07) is 7.20. The van der Waals surface area contributed by atoms with Crippen molar-refractivity contribution in [2.45, 2.75) is 32.5 Å². The summed E-state index contributed by atoms with van der Waals surface area (Å²) >= 11 is 0. The van der Waals surface area contributed by atoms with Gasteiger partial charge in [0.25, 0.3) is 0 Å². The lowest BCUT2D eigenvalue weighted by atomic mass is 10.1. The van der Waals surface area contributed by atoms with Crippen LogP contribution >= 0.6 is 0 Å². The molecule has 0 aliphatic rings. The molecule has 0 radical (unpaired) electrons. The van der Waals surface area contributed by atoms with Gasteiger partial charge in [0.1, 0.15) is 5.75 Å². The molecular formula is C14H22F2N2O. The highest BCUT2D eigenvalue weighted by Crippen LogP contribution is 2.26. The number of rotatable bonds is 7. The predicted octanol–water partition coefficient (Wildman–Crippen LogP) is 2.89. The molecule has 1 aromatic rings. The summed E-state index contributed by atoms with van der Waals surface area (Å²) in [6.07, 6.45) is 0. The van der Waals surface area contributed by atoms with E-state index in [0.717, 1.165) is 12.1 Å². The van der Waals surface area contributed by atoms with E-state index in [4.69, 9.17) is 0 Å². The minimum absolute atomic E-state index is 0.0441. The van der Waals surface area contributed by atoms with Crippen molar-refractivity contribution in [3.63, 3.8) is 0 Å². The molecule has 0 bridgehead atoms. The van der Waals surface area contributed by atoms with Crippen molar-refractivity contribution >= 4 is 0 Å². The fourth-order valence-corrected chi connectivity index (χ4v) is 1.68. The molecule has 0 aliphatic carbocycles. The summed E-state index contributed by atoms with van der Waals surface area (Å²) in [5.41, 5.74) is 0.744. The number of hydrogen-bond donors (Lipinski definition) is 1. The maximum atomic E-state index is 12.3. The maximum Gasteiger partial charge on any atom is 0.387 e. The third kappa shape index (κ3) is 5.12. The second-order valence-electron chi connectivity index (χ2n) is 4.86. The highest BCUT2D eigenvalue weighted by Gasteiger charge is 2.15. The van der Waals surface area contributed by atoms with E-state index in [1.807, 2.05) is 27.1 Å². The highest BCUT2D eigenvalue weighted by atomic mass is 19.3. The molecule has 1 N–H and O–H groups in total. The minimum Gasteiger partial charge on any atom is -0.434 e. The first-order chi connectivity index (χ1) is 8.91. The van der Waals surface area contributed by atoms with Gasteiger partial charge in [0.05, 0.1) is 0 Å². The average Bonchev–Trinajstić information content (AvgIpc) is 2.35. The lowest BCUT2D eigenvalue weighted by Gasteiger charge is -2.24. The van der Waals surface area contributed by atoms with Gasteiger partial charge in [0, 0.05) is 24.2 Å². The molecule has 0 saturated heterocycles. The standard InChI is InChI=1S/C14H22F2N2O/c1-10(18(3)4)9-17-11(2)12-7-5-6-8-13(12)19-14(15)16/h5-8,10-11,14,17H,9H2,1-4H3. The summed E-state index contributed by atoms with van der Waals surface area (Å²) < 4.78 is 29.2. The van der Waals surface area contributed by atoms with E-state index in [0.29, 0.717) is 6.04 Å². The molecular weight excluding hydrogens is 250 g/mol. The molecule has 3 nitrogen and oxygen atoms in total. The first-order valence-corrected chi connectivity index (χ1v) is 6.35. The van der Waals surface area contributed by atoms with Crippen LogP contribution < -0.4 is 10.1 Å². The Morgan fingerprint density at radius 1 is 1.21 bits per heavy atom. The van der Waals surface area contributed by atoms with E-state index in [1.165, 1.54) is 0 Å². The summed E-state index contributed by atoms with van der Waals surface area (Å²) in [6.45, 7) is 2.02. The quantitative estimate of drug-likeness (QED) is 0.826. The van der Waals surface area contributed by atoms with Gasteiger partial charge in [0.15, 0.2) is 0 Å². The zero-order valence-corrected chi connectivity index (χ0v) is 11.9. The largest absolute Gasteiger partial charge is 0.434 e. The van der Waals surface area contributed by atoms with Crippen LogP contribution in [0.4, 0.5) is 8.78 Å². The summed E-state index contributed by atoms with van der Waals surface area (Å²) in [5.74, 6) is 0.231. The smallest absolute Gasteiger partial charge is 0.387 e. The Kier molecular flexibility index (Phi) is 6.18. The van der Waals surface area contributed by atoms with Crippen molar-refractivity contribution < 1.29 is 13.5 Å². The van der Waals surface area contributed by atoms with E-state index >= 15 is 0 Å². The Balaban J connectivity index is 2.68. The fraction of sp³-hybridized carbons (Fsp3) is 0.571. The highest BCUT2D eigenvalue weighted by molar-refractivity contribution is 5.35. The second kappa shape index (κ2) is 7.40. The van der Waals surface area contributed by atoms with Gasteiger partial charge in [-0.3, -0.25) is 0 Å². The summed E-state index contributed by atoms with van der Waals surface area (Å²) in [4.78, 5) is 2.10. The van der Waals surface area contributed by atoms with E-state index in [-0.39, 0.29) is 11.8 Å². The summed E-state index contributed by atoms with van der Waals surface area (Å²) in [5, 5.41) is 3.33. The van der Waals surface area contributed by atoms with Crippen molar-refractivity contribution in [3.05, 3.63) is 29.8 Å². The lowest BCUT2D eigenvalue weighted by molar-refractivity contribution is -0.0506. The van der Waals surface area contributed by atoms with Gasteiger partial charge in [-0.15, -0.1) is 0 Å². The topological polar surface area (TPSA) is 24.5 Å².